The van der Waals surface area contributed by atoms with Gasteiger partial charge in [-0.2, -0.15) is 0 Å². The topological polar surface area (TPSA) is 32.3 Å². The number of aryl methyl sites for hydroxylation is 2. The molecule has 0 aromatic heterocycles. The van der Waals surface area contributed by atoms with Gasteiger partial charge in [0.05, 0.1) is 5.60 Å². The van der Waals surface area contributed by atoms with E-state index in [9.17, 15) is 5.11 Å². The summed E-state index contributed by atoms with van der Waals surface area (Å²) < 4.78 is 0. The second kappa shape index (κ2) is 4.98. The minimum absolute atomic E-state index is 0.270. The summed E-state index contributed by atoms with van der Waals surface area (Å²) in [6.07, 6.45) is 0. The number of nitrogens with one attached hydrogen (secondary N) is 1. The molecule has 1 aromatic carbocycles. The summed E-state index contributed by atoms with van der Waals surface area (Å²) in [7, 11) is 0. The van der Waals surface area contributed by atoms with Crippen molar-refractivity contribution >= 4 is 0 Å². The van der Waals surface area contributed by atoms with E-state index in [1.165, 1.54) is 16.7 Å². The van der Waals surface area contributed by atoms with Gasteiger partial charge < -0.3 is 10.4 Å². The van der Waals surface area contributed by atoms with E-state index in [-0.39, 0.29) is 6.04 Å². The van der Waals surface area contributed by atoms with E-state index in [4.69, 9.17) is 0 Å². The molecular formula is C14H23NO. The lowest BCUT2D eigenvalue weighted by Gasteiger charge is -2.23. The molecule has 90 valence electrons. The third kappa shape index (κ3) is 3.95. The maximum Gasteiger partial charge on any atom is 0.0715 e. The third-order valence-corrected chi connectivity index (χ3v) is 2.73. The molecule has 1 rings (SSSR count). The average Bonchev–Trinajstić information content (AvgIpc) is 2.13. The molecule has 1 aromatic rings. The van der Waals surface area contributed by atoms with Gasteiger partial charge in [0.2, 0.25) is 0 Å². The molecule has 0 saturated heterocycles. The van der Waals surface area contributed by atoms with Crippen LogP contribution in [0.1, 0.15) is 43.5 Å². The van der Waals surface area contributed by atoms with Gasteiger partial charge in [-0.15, -0.1) is 0 Å². The van der Waals surface area contributed by atoms with Crippen LogP contribution in [0.5, 0.6) is 0 Å². The molecule has 1 atom stereocenters. The maximum atomic E-state index is 9.66. The normalized spacial score (nSPS) is 13.9. The van der Waals surface area contributed by atoms with Crippen LogP contribution in [0.25, 0.3) is 0 Å². The smallest absolute Gasteiger partial charge is 0.0715 e. The fraction of sp³-hybridized carbons (Fsp3) is 0.571. The number of rotatable bonds is 4. The Bertz CT molecular complexity index is 352. The second-order valence-electron chi connectivity index (χ2n) is 5.28. The first-order valence-electron chi connectivity index (χ1n) is 5.82. The first-order chi connectivity index (χ1) is 7.29. The predicted molar refractivity (Wildman–Crippen MR) is 68.6 cm³/mol. The molecule has 0 fully saturated rings. The number of aliphatic hydroxyl groups is 1. The van der Waals surface area contributed by atoms with Crippen molar-refractivity contribution in [3.05, 3.63) is 34.9 Å². The highest BCUT2D eigenvalue weighted by molar-refractivity contribution is 5.32. The van der Waals surface area contributed by atoms with Gasteiger partial charge in [0.1, 0.15) is 0 Å². The van der Waals surface area contributed by atoms with Crippen LogP contribution >= 0.6 is 0 Å². The molecule has 0 bridgehead atoms. The quantitative estimate of drug-likeness (QED) is 0.819. The Morgan fingerprint density at radius 3 is 2.44 bits per heavy atom. The zero-order chi connectivity index (χ0) is 12.3. The summed E-state index contributed by atoms with van der Waals surface area (Å²) in [6, 6.07) is 6.75. The summed E-state index contributed by atoms with van der Waals surface area (Å²) in [6.45, 7) is 10.6. The number of benzene rings is 1. The first kappa shape index (κ1) is 13.2. The summed E-state index contributed by atoms with van der Waals surface area (Å²) >= 11 is 0. The molecule has 0 heterocycles. The summed E-state index contributed by atoms with van der Waals surface area (Å²) in [5.41, 5.74) is 3.23. The van der Waals surface area contributed by atoms with Gasteiger partial charge in [-0.1, -0.05) is 23.8 Å². The Kier molecular flexibility index (Phi) is 4.11. The fourth-order valence-corrected chi connectivity index (χ4v) is 1.82. The van der Waals surface area contributed by atoms with E-state index >= 15 is 0 Å². The standard InChI is InChI=1S/C14H23NO/c1-10-6-7-13(11(2)8-10)12(3)15-9-14(4,5)16/h6-8,12,15-16H,9H2,1-5H3. The van der Waals surface area contributed by atoms with E-state index in [0.29, 0.717) is 6.54 Å². The minimum atomic E-state index is -0.660. The highest BCUT2D eigenvalue weighted by atomic mass is 16.3. The van der Waals surface area contributed by atoms with Crippen molar-refractivity contribution in [3.8, 4) is 0 Å². The fourth-order valence-electron chi connectivity index (χ4n) is 1.82. The van der Waals surface area contributed by atoms with E-state index in [1.54, 1.807) is 0 Å². The van der Waals surface area contributed by atoms with Crippen molar-refractivity contribution in [2.75, 3.05) is 6.54 Å². The van der Waals surface area contributed by atoms with Gasteiger partial charge in [0, 0.05) is 12.6 Å². The zero-order valence-electron chi connectivity index (χ0n) is 11.0. The molecule has 16 heavy (non-hydrogen) atoms. The molecule has 0 aliphatic carbocycles. The average molecular weight is 221 g/mol. The third-order valence-electron chi connectivity index (χ3n) is 2.73. The Hall–Kier alpha value is -0.860. The highest BCUT2D eigenvalue weighted by Gasteiger charge is 2.15. The Morgan fingerprint density at radius 1 is 1.31 bits per heavy atom. The Morgan fingerprint density at radius 2 is 1.94 bits per heavy atom. The second-order valence-corrected chi connectivity index (χ2v) is 5.28. The van der Waals surface area contributed by atoms with Crippen molar-refractivity contribution in [3.63, 3.8) is 0 Å². The zero-order valence-corrected chi connectivity index (χ0v) is 11.0. The van der Waals surface area contributed by atoms with Crippen molar-refractivity contribution in [2.45, 2.75) is 46.3 Å². The van der Waals surface area contributed by atoms with Crippen LogP contribution in [0, 0.1) is 13.8 Å². The molecule has 2 heteroatoms. The first-order valence-corrected chi connectivity index (χ1v) is 5.82. The SMILES string of the molecule is Cc1ccc(C(C)NCC(C)(C)O)c(C)c1. The van der Waals surface area contributed by atoms with Gasteiger partial charge in [-0.25, -0.2) is 0 Å². The largest absolute Gasteiger partial charge is 0.389 e. The molecule has 0 radical (unpaired) electrons. The van der Waals surface area contributed by atoms with Crippen LogP contribution in [0.2, 0.25) is 0 Å². The molecular weight excluding hydrogens is 198 g/mol. The van der Waals surface area contributed by atoms with Gasteiger partial charge in [0.15, 0.2) is 0 Å². The Balaban J connectivity index is 2.70. The van der Waals surface area contributed by atoms with Crippen LogP contribution in [0.3, 0.4) is 0 Å². The van der Waals surface area contributed by atoms with E-state index in [2.05, 4.69) is 44.3 Å². The van der Waals surface area contributed by atoms with E-state index < -0.39 is 5.60 Å². The van der Waals surface area contributed by atoms with Crippen LogP contribution in [0.4, 0.5) is 0 Å². The number of hydrogen-bond acceptors (Lipinski definition) is 2. The molecule has 0 saturated carbocycles. The molecule has 2 nitrogen and oxygen atoms in total. The van der Waals surface area contributed by atoms with Crippen molar-refractivity contribution in [1.29, 1.82) is 0 Å². The van der Waals surface area contributed by atoms with Gasteiger partial charge in [0.25, 0.3) is 0 Å². The summed E-state index contributed by atoms with van der Waals surface area (Å²) in [5.74, 6) is 0. The lowest BCUT2D eigenvalue weighted by molar-refractivity contribution is 0.0770. The maximum absolute atomic E-state index is 9.66. The highest BCUT2D eigenvalue weighted by Crippen LogP contribution is 2.18. The van der Waals surface area contributed by atoms with Gasteiger partial charge in [-0.05, 0) is 45.7 Å². The molecule has 1 unspecified atom stereocenters. The van der Waals surface area contributed by atoms with E-state index in [1.807, 2.05) is 13.8 Å². The van der Waals surface area contributed by atoms with Crippen LogP contribution in [-0.4, -0.2) is 17.3 Å². The van der Waals surface area contributed by atoms with Crippen molar-refractivity contribution in [1.82, 2.24) is 5.32 Å². The van der Waals surface area contributed by atoms with Crippen molar-refractivity contribution in [2.24, 2.45) is 0 Å². The lowest BCUT2D eigenvalue weighted by Crippen LogP contribution is -2.36. The molecule has 0 aliphatic rings. The lowest BCUT2D eigenvalue weighted by atomic mass is 9.99. The van der Waals surface area contributed by atoms with Crippen molar-refractivity contribution < 1.29 is 5.11 Å². The van der Waals surface area contributed by atoms with Crippen LogP contribution < -0.4 is 5.32 Å². The molecule has 0 amide bonds. The van der Waals surface area contributed by atoms with Gasteiger partial charge in [-0.3, -0.25) is 0 Å². The number of hydrogen-bond donors (Lipinski definition) is 2. The summed E-state index contributed by atoms with van der Waals surface area (Å²) in [5, 5.41) is 13.0. The van der Waals surface area contributed by atoms with Crippen LogP contribution in [-0.2, 0) is 0 Å². The molecule has 0 spiro atoms. The van der Waals surface area contributed by atoms with Crippen LogP contribution in [0.15, 0.2) is 18.2 Å². The van der Waals surface area contributed by atoms with E-state index in [0.717, 1.165) is 0 Å². The molecule has 0 aliphatic heterocycles. The predicted octanol–water partition coefficient (Wildman–Crippen LogP) is 2.72. The Labute approximate surface area is 98.7 Å². The summed E-state index contributed by atoms with van der Waals surface area (Å²) in [4.78, 5) is 0. The molecule has 2 N–H and O–H groups in total. The van der Waals surface area contributed by atoms with Gasteiger partial charge >= 0.3 is 0 Å². The minimum Gasteiger partial charge on any atom is -0.389 e. The monoisotopic (exact) mass is 221 g/mol.